The fourth-order valence-electron chi connectivity index (χ4n) is 2.46. The molecule has 3 unspecified atom stereocenters. The molecule has 1 N–H and O–H groups in total. The van der Waals surface area contributed by atoms with Crippen molar-refractivity contribution in [2.45, 2.75) is 51.7 Å². The number of rotatable bonds is 3. The van der Waals surface area contributed by atoms with Gasteiger partial charge in [-0.05, 0) is 27.2 Å². The maximum atomic E-state index is 4.46. The van der Waals surface area contributed by atoms with Gasteiger partial charge in [-0.1, -0.05) is 6.92 Å². The second kappa shape index (κ2) is 5.04. The molecule has 17 heavy (non-hydrogen) atoms. The Bertz CT molecular complexity index is 352. The van der Waals surface area contributed by atoms with E-state index in [1.807, 2.05) is 6.20 Å². The molecule has 0 radical (unpaired) electrons. The minimum absolute atomic E-state index is 0.248. The van der Waals surface area contributed by atoms with E-state index >= 15 is 0 Å². The minimum Gasteiger partial charge on any atom is -0.309 e. The van der Waals surface area contributed by atoms with Gasteiger partial charge in [0.25, 0.3) is 0 Å². The van der Waals surface area contributed by atoms with Gasteiger partial charge in [0.15, 0.2) is 0 Å². The van der Waals surface area contributed by atoms with Crippen molar-refractivity contribution in [2.75, 3.05) is 13.1 Å². The zero-order valence-electron chi connectivity index (χ0n) is 11.2. The number of hydrogen-bond acceptors (Lipinski definition) is 4. The Kier molecular flexibility index (Phi) is 3.85. The van der Waals surface area contributed by atoms with Crippen LogP contribution >= 0.6 is 11.3 Å². The summed E-state index contributed by atoms with van der Waals surface area (Å²) in [4.78, 5) is 7.04. The molecule has 1 aromatic rings. The van der Waals surface area contributed by atoms with Crippen LogP contribution in [-0.4, -0.2) is 34.6 Å². The van der Waals surface area contributed by atoms with E-state index in [9.17, 15) is 0 Å². The van der Waals surface area contributed by atoms with Crippen molar-refractivity contribution in [3.8, 4) is 0 Å². The van der Waals surface area contributed by atoms with Crippen molar-refractivity contribution < 1.29 is 0 Å². The van der Waals surface area contributed by atoms with Gasteiger partial charge >= 0.3 is 0 Å². The van der Waals surface area contributed by atoms with E-state index in [0.29, 0.717) is 12.1 Å². The summed E-state index contributed by atoms with van der Waals surface area (Å²) in [6.45, 7) is 11.3. The van der Waals surface area contributed by atoms with Crippen molar-refractivity contribution >= 4 is 11.3 Å². The fraction of sp³-hybridized carbons (Fsp3) is 0.769. The van der Waals surface area contributed by atoms with Gasteiger partial charge in [-0.25, -0.2) is 4.98 Å². The molecule has 1 fully saturated rings. The summed E-state index contributed by atoms with van der Waals surface area (Å²) in [5.74, 6) is 0. The van der Waals surface area contributed by atoms with E-state index in [-0.39, 0.29) is 5.54 Å². The normalized spacial score (nSPS) is 32.6. The number of nitrogens with one attached hydrogen (secondary N) is 1. The Labute approximate surface area is 108 Å². The molecule has 1 saturated heterocycles. The second-order valence-corrected chi connectivity index (χ2v) is 6.29. The summed E-state index contributed by atoms with van der Waals surface area (Å²) in [7, 11) is 0. The van der Waals surface area contributed by atoms with Crippen LogP contribution in [0.4, 0.5) is 0 Å². The maximum absolute atomic E-state index is 4.46. The fourth-order valence-corrected chi connectivity index (χ4v) is 3.18. The molecule has 0 aromatic carbocycles. The molecule has 4 heteroatoms. The van der Waals surface area contributed by atoms with Gasteiger partial charge in [0, 0.05) is 36.2 Å². The monoisotopic (exact) mass is 253 g/mol. The third-order valence-electron chi connectivity index (χ3n) is 4.01. The molecule has 2 heterocycles. The van der Waals surface area contributed by atoms with E-state index in [0.717, 1.165) is 13.1 Å². The molecule has 0 amide bonds. The molecule has 1 aliphatic rings. The number of piperazine rings is 1. The molecule has 0 aliphatic carbocycles. The lowest BCUT2D eigenvalue weighted by Gasteiger charge is -2.47. The number of hydrogen-bond donors (Lipinski definition) is 1. The van der Waals surface area contributed by atoms with E-state index in [4.69, 9.17) is 0 Å². The lowest BCUT2D eigenvalue weighted by Crippen LogP contribution is -2.62. The highest BCUT2D eigenvalue weighted by molar-refractivity contribution is 7.09. The minimum atomic E-state index is 0.248. The van der Waals surface area contributed by atoms with Gasteiger partial charge in [0.2, 0.25) is 0 Å². The van der Waals surface area contributed by atoms with E-state index < -0.39 is 0 Å². The lowest BCUT2D eigenvalue weighted by molar-refractivity contribution is 0.0596. The summed E-state index contributed by atoms with van der Waals surface area (Å²) in [5.41, 5.74) is 0.248. The van der Waals surface area contributed by atoms with Crippen molar-refractivity contribution in [2.24, 2.45) is 0 Å². The first-order valence-corrected chi connectivity index (χ1v) is 7.34. The summed E-state index contributed by atoms with van der Waals surface area (Å²) in [6.07, 6.45) is 3.07. The molecule has 0 saturated carbocycles. The molecule has 0 bridgehead atoms. The van der Waals surface area contributed by atoms with Crippen molar-refractivity contribution in [3.05, 3.63) is 16.6 Å². The van der Waals surface area contributed by atoms with Crippen molar-refractivity contribution in [3.63, 3.8) is 0 Å². The maximum Gasteiger partial charge on any atom is 0.109 e. The SMILES string of the molecule is CCC1(C)CN(C(C)c2nccs2)C(C)CN1. The molecule has 1 aromatic heterocycles. The molecule has 1 aliphatic heterocycles. The highest BCUT2D eigenvalue weighted by Crippen LogP contribution is 2.29. The average Bonchev–Trinajstić information content (AvgIpc) is 2.85. The highest BCUT2D eigenvalue weighted by atomic mass is 32.1. The Morgan fingerprint density at radius 3 is 3.06 bits per heavy atom. The van der Waals surface area contributed by atoms with Gasteiger partial charge in [0.1, 0.15) is 5.01 Å². The zero-order valence-corrected chi connectivity index (χ0v) is 12.0. The van der Waals surface area contributed by atoms with Gasteiger partial charge < -0.3 is 5.32 Å². The largest absolute Gasteiger partial charge is 0.309 e. The first-order valence-electron chi connectivity index (χ1n) is 6.46. The summed E-state index contributed by atoms with van der Waals surface area (Å²) >= 11 is 1.76. The van der Waals surface area contributed by atoms with Crippen LogP contribution in [0.5, 0.6) is 0 Å². The van der Waals surface area contributed by atoms with E-state index in [1.54, 1.807) is 11.3 Å². The van der Waals surface area contributed by atoms with Gasteiger partial charge in [0.05, 0.1) is 6.04 Å². The van der Waals surface area contributed by atoms with Crippen LogP contribution in [0, 0.1) is 0 Å². The van der Waals surface area contributed by atoms with Gasteiger partial charge in [-0.2, -0.15) is 0 Å². The highest BCUT2D eigenvalue weighted by Gasteiger charge is 2.35. The van der Waals surface area contributed by atoms with Crippen LogP contribution < -0.4 is 5.32 Å². The predicted molar refractivity (Wildman–Crippen MR) is 73.4 cm³/mol. The predicted octanol–water partition coefficient (Wildman–Crippen LogP) is 2.67. The van der Waals surface area contributed by atoms with E-state index in [2.05, 4.69) is 48.3 Å². The Balaban J connectivity index is 2.13. The molecule has 0 spiro atoms. The lowest BCUT2D eigenvalue weighted by atomic mass is 9.93. The summed E-state index contributed by atoms with van der Waals surface area (Å²) < 4.78 is 0. The molecule has 2 rings (SSSR count). The van der Waals surface area contributed by atoms with Crippen LogP contribution in [-0.2, 0) is 0 Å². The second-order valence-electron chi connectivity index (χ2n) is 5.36. The molecular weight excluding hydrogens is 230 g/mol. The summed E-state index contributed by atoms with van der Waals surface area (Å²) in [6, 6.07) is 1.01. The zero-order chi connectivity index (χ0) is 12.5. The third-order valence-corrected chi connectivity index (χ3v) is 4.95. The standard InChI is InChI=1S/C13H23N3S/c1-5-13(4)9-16(10(2)8-15-13)11(3)12-14-6-7-17-12/h6-7,10-11,15H,5,8-9H2,1-4H3. The third kappa shape index (κ3) is 2.69. The van der Waals surface area contributed by atoms with Crippen LogP contribution in [0.1, 0.15) is 45.2 Å². The first kappa shape index (κ1) is 13.0. The van der Waals surface area contributed by atoms with Gasteiger partial charge in [-0.3, -0.25) is 4.90 Å². The molecule has 3 atom stereocenters. The quantitative estimate of drug-likeness (QED) is 0.897. The number of nitrogens with zero attached hydrogens (tertiary/aromatic N) is 2. The van der Waals surface area contributed by atoms with Crippen LogP contribution in [0.2, 0.25) is 0 Å². The van der Waals surface area contributed by atoms with Crippen molar-refractivity contribution in [1.82, 2.24) is 15.2 Å². The Hall–Kier alpha value is -0.450. The smallest absolute Gasteiger partial charge is 0.109 e. The van der Waals surface area contributed by atoms with Gasteiger partial charge in [-0.15, -0.1) is 11.3 Å². The number of aromatic nitrogens is 1. The first-order chi connectivity index (χ1) is 8.06. The number of thiazole rings is 1. The average molecular weight is 253 g/mol. The molecule has 3 nitrogen and oxygen atoms in total. The van der Waals surface area contributed by atoms with Crippen LogP contribution in [0.25, 0.3) is 0 Å². The van der Waals surface area contributed by atoms with Crippen LogP contribution in [0.3, 0.4) is 0 Å². The molecule has 96 valence electrons. The molecular formula is C13H23N3S. The van der Waals surface area contributed by atoms with E-state index in [1.165, 1.54) is 11.4 Å². The Morgan fingerprint density at radius 2 is 2.47 bits per heavy atom. The van der Waals surface area contributed by atoms with Crippen LogP contribution in [0.15, 0.2) is 11.6 Å². The Morgan fingerprint density at radius 1 is 1.71 bits per heavy atom. The topological polar surface area (TPSA) is 28.2 Å². The summed E-state index contributed by atoms with van der Waals surface area (Å²) in [5, 5.41) is 6.97. The van der Waals surface area contributed by atoms with Crippen molar-refractivity contribution in [1.29, 1.82) is 0 Å².